The smallest absolute Gasteiger partial charge is 0.274 e. The number of carbonyl (C=O) groups excluding carboxylic acids is 1. The second-order valence-corrected chi connectivity index (χ2v) is 9.94. The molecule has 8 heteroatoms. The summed E-state index contributed by atoms with van der Waals surface area (Å²) in [7, 11) is 1.55. The van der Waals surface area contributed by atoms with Gasteiger partial charge in [0.15, 0.2) is 0 Å². The maximum absolute atomic E-state index is 13.8. The standard InChI is InChI=1S/C28H30N4O4/c1-36-25-13-23-22(30-27(34)24-14-29-26(32(23)24)17-7-3-2-4-8-17)12-21(25)28(35)31-15-19-10-6-5-9-18(19)11-20(31)16-33/h5-6,9-10,12-14,17,20,33H,2-4,7-8,11,15-16H2,1H3,(H,30,34)/t20-/m1/s1. The summed E-state index contributed by atoms with van der Waals surface area (Å²) < 4.78 is 7.65. The molecule has 2 aliphatic rings. The topological polar surface area (TPSA) is 99.9 Å². The van der Waals surface area contributed by atoms with Gasteiger partial charge in [0, 0.05) is 18.5 Å². The molecule has 1 atom stereocenters. The van der Waals surface area contributed by atoms with Crippen LogP contribution in [0.25, 0.3) is 16.6 Å². The monoisotopic (exact) mass is 486 g/mol. The number of methoxy groups -OCH3 is 1. The fourth-order valence-corrected chi connectivity index (χ4v) is 5.95. The van der Waals surface area contributed by atoms with E-state index < -0.39 is 0 Å². The first kappa shape index (κ1) is 22.8. The van der Waals surface area contributed by atoms with Crippen LogP contribution in [0.2, 0.25) is 0 Å². The van der Waals surface area contributed by atoms with Crippen molar-refractivity contribution < 1.29 is 14.6 Å². The Balaban J connectivity index is 1.47. The number of fused-ring (bicyclic) bond motifs is 4. The van der Waals surface area contributed by atoms with Crippen LogP contribution in [0.4, 0.5) is 0 Å². The fourth-order valence-electron chi connectivity index (χ4n) is 5.95. The highest BCUT2D eigenvalue weighted by atomic mass is 16.5. The van der Waals surface area contributed by atoms with Gasteiger partial charge in [0.25, 0.3) is 11.5 Å². The van der Waals surface area contributed by atoms with E-state index in [9.17, 15) is 14.7 Å². The Bertz CT molecular complexity index is 1520. The summed E-state index contributed by atoms with van der Waals surface area (Å²) in [5.41, 5.74) is 4.16. The molecule has 6 rings (SSSR count). The van der Waals surface area contributed by atoms with E-state index in [0.717, 1.165) is 48.2 Å². The molecule has 4 aromatic rings. The van der Waals surface area contributed by atoms with Crippen LogP contribution in [-0.4, -0.2) is 50.0 Å². The highest BCUT2D eigenvalue weighted by Crippen LogP contribution is 2.35. The zero-order valence-corrected chi connectivity index (χ0v) is 20.4. The molecular formula is C28H30N4O4. The van der Waals surface area contributed by atoms with Gasteiger partial charge in [0.1, 0.15) is 17.1 Å². The quantitative estimate of drug-likeness (QED) is 0.457. The number of aliphatic hydroxyl groups excluding tert-OH is 1. The first-order valence-electron chi connectivity index (χ1n) is 12.7. The Morgan fingerprint density at radius 1 is 1.14 bits per heavy atom. The molecule has 186 valence electrons. The van der Waals surface area contributed by atoms with Gasteiger partial charge >= 0.3 is 0 Å². The molecule has 8 nitrogen and oxygen atoms in total. The van der Waals surface area contributed by atoms with Crippen molar-refractivity contribution in [1.82, 2.24) is 19.3 Å². The molecule has 3 heterocycles. The lowest BCUT2D eigenvalue weighted by molar-refractivity contribution is 0.0541. The van der Waals surface area contributed by atoms with Crippen molar-refractivity contribution in [1.29, 1.82) is 0 Å². The number of amides is 1. The third kappa shape index (κ3) is 3.67. The van der Waals surface area contributed by atoms with Crippen LogP contribution in [0.15, 0.2) is 47.4 Å². The molecule has 1 amide bonds. The first-order chi connectivity index (χ1) is 17.6. The fraction of sp³-hybridized carbons (Fsp3) is 0.393. The van der Waals surface area contributed by atoms with E-state index in [0.29, 0.717) is 41.2 Å². The van der Waals surface area contributed by atoms with E-state index in [-0.39, 0.29) is 24.1 Å². The van der Waals surface area contributed by atoms with Gasteiger partial charge in [-0.15, -0.1) is 0 Å². The Labute approximate surface area is 208 Å². The molecule has 0 bridgehead atoms. The van der Waals surface area contributed by atoms with Crippen LogP contribution in [0.5, 0.6) is 5.75 Å². The SMILES string of the molecule is COc1cc2c(cc1C(=O)N1Cc3ccccc3C[C@@H]1CO)[nH]c(=O)c1cnc(C3CCCCC3)n12. The molecule has 1 aliphatic carbocycles. The molecular weight excluding hydrogens is 456 g/mol. The second kappa shape index (κ2) is 9.09. The van der Waals surface area contributed by atoms with Crippen LogP contribution in [0.3, 0.4) is 0 Å². The first-order valence-corrected chi connectivity index (χ1v) is 12.7. The molecule has 2 aromatic carbocycles. The normalized spacial score (nSPS) is 18.5. The molecule has 1 aliphatic heterocycles. The average molecular weight is 487 g/mol. The number of nitrogens with one attached hydrogen (secondary N) is 1. The number of aliphatic hydroxyl groups is 1. The predicted octanol–water partition coefficient (Wildman–Crippen LogP) is 3.79. The van der Waals surface area contributed by atoms with Gasteiger partial charge in [-0.3, -0.25) is 14.0 Å². The predicted molar refractivity (Wildman–Crippen MR) is 137 cm³/mol. The minimum atomic E-state index is -0.333. The highest BCUT2D eigenvalue weighted by molar-refractivity contribution is 6.01. The number of hydrogen-bond acceptors (Lipinski definition) is 5. The van der Waals surface area contributed by atoms with Crippen LogP contribution in [-0.2, 0) is 13.0 Å². The Kier molecular flexibility index (Phi) is 5.76. The molecule has 1 saturated carbocycles. The molecule has 2 N–H and O–H groups in total. The Hall–Kier alpha value is -3.65. The number of aromatic amines is 1. The minimum absolute atomic E-state index is 0.132. The van der Waals surface area contributed by atoms with E-state index in [4.69, 9.17) is 4.74 Å². The van der Waals surface area contributed by atoms with Crippen molar-refractivity contribution in [2.24, 2.45) is 0 Å². The lowest BCUT2D eigenvalue weighted by Gasteiger charge is -2.36. The number of benzene rings is 2. The van der Waals surface area contributed by atoms with Gasteiger partial charge in [-0.2, -0.15) is 0 Å². The number of aromatic nitrogens is 3. The van der Waals surface area contributed by atoms with Crippen molar-refractivity contribution in [3.8, 4) is 5.75 Å². The van der Waals surface area contributed by atoms with Gasteiger partial charge in [-0.1, -0.05) is 43.5 Å². The molecule has 36 heavy (non-hydrogen) atoms. The number of imidazole rings is 1. The van der Waals surface area contributed by atoms with Crippen molar-refractivity contribution >= 4 is 22.5 Å². The van der Waals surface area contributed by atoms with E-state index in [1.165, 1.54) is 6.42 Å². The van der Waals surface area contributed by atoms with E-state index in [1.807, 2.05) is 34.7 Å². The summed E-state index contributed by atoms with van der Waals surface area (Å²) in [6, 6.07) is 11.2. The van der Waals surface area contributed by atoms with Crippen molar-refractivity contribution in [2.75, 3.05) is 13.7 Å². The maximum Gasteiger partial charge on any atom is 0.274 e. The Morgan fingerprint density at radius 2 is 1.92 bits per heavy atom. The maximum atomic E-state index is 13.8. The number of ether oxygens (including phenoxy) is 1. The highest BCUT2D eigenvalue weighted by Gasteiger charge is 2.32. The van der Waals surface area contributed by atoms with Gasteiger partial charge in [-0.25, -0.2) is 4.98 Å². The number of hydrogen-bond donors (Lipinski definition) is 2. The third-order valence-corrected chi connectivity index (χ3v) is 7.86. The number of H-pyrrole nitrogens is 1. The summed E-state index contributed by atoms with van der Waals surface area (Å²) in [5, 5.41) is 10.1. The number of carbonyl (C=O) groups is 1. The lowest BCUT2D eigenvalue weighted by atomic mass is 9.88. The average Bonchev–Trinajstić information content (AvgIpc) is 3.38. The zero-order valence-electron chi connectivity index (χ0n) is 20.4. The van der Waals surface area contributed by atoms with Gasteiger partial charge < -0.3 is 19.7 Å². The number of rotatable bonds is 4. The summed E-state index contributed by atoms with van der Waals surface area (Å²) in [5.74, 6) is 1.40. The Morgan fingerprint density at radius 3 is 2.67 bits per heavy atom. The van der Waals surface area contributed by atoms with Crippen LogP contribution in [0, 0.1) is 0 Å². The summed E-state index contributed by atoms with van der Waals surface area (Å²) in [4.78, 5) is 36.1. The van der Waals surface area contributed by atoms with Crippen molar-refractivity contribution in [3.63, 3.8) is 0 Å². The molecule has 0 saturated heterocycles. The molecule has 0 unspecified atom stereocenters. The van der Waals surface area contributed by atoms with Crippen molar-refractivity contribution in [3.05, 3.63) is 75.5 Å². The largest absolute Gasteiger partial charge is 0.496 e. The van der Waals surface area contributed by atoms with E-state index >= 15 is 0 Å². The van der Waals surface area contributed by atoms with Crippen LogP contribution >= 0.6 is 0 Å². The number of nitrogens with zero attached hydrogens (tertiary/aromatic N) is 3. The second-order valence-electron chi connectivity index (χ2n) is 9.94. The zero-order chi connectivity index (χ0) is 24.8. The minimum Gasteiger partial charge on any atom is -0.496 e. The molecule has 1 fully saturated rings. The van der Waals surface area contributed by atoms with Crippen LogP contribution < -0.4 is 10.3 Å². The van der Waals surface area contributed by atoms with Gasteiger partial charge in [-0.05, 0) is 36.5 Å². The van der Waals surface area contributed by atoms with E-state index in [1.54, 1.807) is 24.3 Å². The molecule has 2 aromatic heterocycles. The molecule has 0 radical (unpaired) electrons. The van der Waals surface area contributed by atoms with Gasteiger partial charge in [0.2, 0.25) is 0 Å². The summed E-state index contributed by atoms with van der Waals surface area (Å²) in [6.07, 6.45) is 7.90. The summed E-state index contributed by atoms with van der Waals surface area (Å²) in [6.45, 7) is 0.275. The molecule has 0 spiro atoms. The van der Waals surface area contributed by atoms with Crippen molar-refractivity contribution in [2.45, 2.75) is 57.0 Å². The van der Waals surface area contributed by atoms with Gasteiger partial charge in [0.05, 0.1) is 42.6 Å². The third-order valence-electron chi connectivity index (χ3n) is 7.86. The summed E-state index contributed by atoms with van der Waals surface area (Å²) >= 11 is 0. The lowest BCUT2D eigenvalue weighted by Crippen LogP contribution is -2.46. The van der Waals surface area contributed by atoms with E-state index in [2.05, 4.69) is 9.97 Å². The van der Waals surface area contributed by atoms with Crippen LogP contribution in [0.1, 0.15) is 65.3 Å².